The zero-order valence-corrected chi connectivity index (χ0v) is 27.5. The monoisotopic (exact) mass is 667 g/mol. The summed E-state index contributed by atoms with van der Waals surface area (Å²) >= 11 is 0. The molecule has 0 radical (unpaired) electrons. The third-order valence-electron chi connectivity index (χ3n) is 7.67. The van der Waals surface area contributed by atoms with Gasteiger partial charge < -0.3 is 30.1 Å². The zero-order chi connectivity index (χ0) is 34.0. The molecule has 2 aromatic carbocycles. The molecule has 0 bridgehead atoms. The van der Waals surface area contributed by atoms with E-state index in [9.17, 15) is 27.9 Å². The minimum absolute atomic E-state index is 0.0369. The Hall–Kier alpha value is -4.53. The van der Waals surface area contributed by atoms with Crippen LogP contribution in [0.5, 0.6) is 0 Å². The molecule has 2 amide bonds. The van der Waals surface area contributed by atoms with Crippen LogP contribution in [-0.4, -0.2) is 85.8 Å². The van der Waals surface area contributed by atoms with Gasteiger partial charge in [-0.15, -0.1) is 0 Å². The van der Waals surface area contributed by atoms with Gasteiger partial charge in [-0.05, 0) is 62.4 Å². The number of carbonyl (C=O) groups is 3. The number of likely N-dealkylation sites (tertiary alicyclic amines) is 1. The summed E-state index contributed by atoms with van der Waals surface area (Å²) in [6, 6.07) is 16.5. The van der Waals surface area contributed by atoms with Gasteiger partial charge in [0.25, 0.3) is 0 Å². The first-order valence-corrected chi connectivity index (χ1v) is 16.7. The molecule has 1 saturated heterocycles. The van der Waals surface area contributed by atoms with Crippen molar-refractivity contribution in [3.05, 3.63) is 89.1 Å². The molecule has 0 aliphatic carbocycles. The molecule has 4 N–H and O–H groups in total. The highest BCUT2D eigenvalue weighted by atomic mass is 32.2. The maximum Gasteiger partial charge on any atom is 0.410 e. The maximum atomic E-state index is 13.1. The second-order valence-corrected chi connectivity index (χ2v) is 13.1. The van der Waals surface area contributed by atoms with E-state index >= 15 is 0 Å². The van der Waals surface area contributed by atoms with Gasteiger partial charge in [-0.2, -0.15) is 4.72 Å². The largest absolute Gasteiger partial charge is 0.480 e. The van der Waals surface area contributed by atoms with Crippen molar-refractivity contribution >= 4 is 33.8 Å². The number of nitrogens with one attached hydrogen (secondary N) is 3. The normalized spacial score (nSPS) is 16.8. The van der Waals surface area contributed by atoms with E-state index in [4.69, 9.17) is 9.47 Å². The molecule has 0 saturated carbocycles. The van der Waals surface area contributed by atoms with Gasteiger partial charge in [-0.3, -0.25) is 9.59 Å². The van der Waals surface area contributed by atoms with E-state index in [0.717, 1.165) is 11.1 Å². The second kappa shape index (κ2) is 16.3. The molecule has 3 aromatic rings. The van der Waals surface area contributed by atoms with Crippen LogP contribution in [0.4, 0.5) is 10.6 Å². The molecule has 1 aliphatic heterocycles. The van der Waals surface area contributed by atoms with Crippen molar-refractivity contribution < 1.29 is 37.4 Å². The van der Waals surface area contributed by atoms with Gasteiger partial charge >= 0.3 is 12.1 Å². The highest BCUT2D eigenvalue weighted by molar-refractivity contribution is 7.89. The number of nitrogens with zero attached hydrogens (tertiary/aromatic N) is 2. The van der Waals surface area contributed by atoms with Crippen LogP contribution < -0.4 is 15.4 Å². The first-order valence-electron chi connectivity index (χ1n) is 15.3. The van der Waals surface area contributed by atoms with E-state index in [-0.39, 0.29) is 43.7 Å². The Balaban J connectivity index is 1.28. The minimum atomic E-state index is -4.13. The van der Waals surface area contributed by atoms with Gasteiger partial charge in [0.15, 0.2) is 0 Å². The van der Waals surface area contributed by atoms with Crippen molar-refractivity contribution in [2.24, 2.45) is 0 Å². The van der Waals surface area contributed by atoms with Crippen molar-refractivity contribution in [2.45, 2.75) is 63.3 Å². The standard InChI is InChI=1S/C33H41N5O8S/c1-22-15-23(2)31(24(3)16-22)47(43,44)37-28(32(40)41)12-14-35-30(39)21-45-27-17-26(18-36-29-11-7-8-13-34-29)38(19-27)33(42)46-20-25-9-5-4-6-10-25/h4-11,13,15-16,26-28,37H,12,14,17-21H2,1-3H3,(H,34,36)(H,35,39)(H,40,41). The predicted molar refractivity (Wildman–Crippen MR) is 174 cm³/mol. The highest BCUT2D eigenvalue weighted by Crippen LogP contribution is 2.24. The van der Waals surface area contributed by atoms with E-state index in [1.54, 1.807) is 43.1 Å². The summed E-state index contributed by atoms with van der Waals surface area (Å²) in [5, 5.41) is 15.5. The first kappa shape index (κ1) is 35.3. The van der Waals surface area contributed by atoms with E-state index in [0.29, 0.717) is 29.9 Å². The van der Waals surface area contributed by atoms with Crippen molar-refractivity contribution in [3.8, 4) is 0 Å². The molecule has 0 spiro atoms. The third kappa shape index (κ3) is 10.2. The number of benzene rings is 2. The third-order valence-corrected chi connectivity index (χ3v) is 9.45. The van der Waals surface area contributed by atoms with Gasteiger partial charge in [0, 0.05) is 19.3 Å². The number of hydrogen-bond donors (Lipinski definition) is 4. The van der Waals surface area contributed by atoms with E-state index < -0.39 is 40.1 Å². The number of aliphatic carboxylic acids is 1. The van der Waals surface area contributed by atoms with Crippen molar-refractivity contribution in [1.82, 2.24) is 19.9 Å². The van der Waals surface area contributed by atoms with Crippen LogP contribution in [0.25, 0.3) is 0 Å². The number of aryl methyl sites for hydroxylation is 3. The van der Waals surface area contributed by atoms with Crippen LogP contribution in [0.2, 0.25) is 0 Å². The number of pyridine rings is 1. The predicted octanol–water partition coefficient (Wildman–Crippen LogP) is 3.15. The van der Waals surface area contributed by atoms with Gasteiger partial charge in [0.05, 0.1) is 23.6 Å². The minimum Gasteiger partial charge on any atom is -0.480 e. The summed E-state index contributed by atoms with van der Waals surface area (Å²) in [4.78, 5) is 43.4. The molecule has 47 heavy (non-hydrogen) atoms. The van der Waals surface area contributed by atoms with Gasteiger partial charge in [0.2, 0.25) is 15.9 Å². The summed E-state index contributed by atoms with van der Waals surface area (Å²) in [5.41, 5.74) is 2.76. The summed E-state index contributed by atoms with van der Waals surface area (Å²) in [6.45, 7) is 5.42. The van der Waals surface area contributed by atoms with E-state index in [1.807, 2.05) is 49.4 Å². The quantitative estimate of drug-likeness (QED) is 0.188. The number of carbonyl (C=O) groups excluding carboxylic acids is 2. The smallest absolute Gasteiger partial charge is 0.410 e. The average Bonchev–Trinajstić information content (AvgIpc) is 3.44. The van der Waals surface area contributed by atoms with Gasteiger partial charge in [-0.1, -0.05) is 54.1 Å². The number of amides is 2. The Labute approximate surface area is 274 Å². The number of anilines is 1. The van der Waals surface area contributed by atoms with Gasteiger partial charge in [-0.25, -0.2) is 18.2 Å². The highest BCUT2D eigenvalue weighted by Gasteiger charge is 2.37. The number of carboxylic acids is 1. The number of carboxylic acid groups (broad SMARTS) is 1. The van der Waals surface area contributed by atoms with Crippen LogP contribution in [0, 0.1) is 20.8 Å². The second-order valence-electron chi connectivity index (χ2n) is 11.5. The van der Waals surface area contributed by atoms with Crippen LogP contribution in [-0.2, 0) is 35.7 Å². The van der Waals surface area contributed by atoms with Crippen LogP contribution in [0.3, 0.4) is 0 Å². The molecule has 14 heteroatoms. The summed E-state index contributed by atoms with van der Waals surface area (Å²) in [5.74, 6) is -1.22. The molecule has 4 rings (SSSR count). The van der Waals surface area contributed by atoms with E-state index in [1.165, 1.54) is 0 Å². The van der Waals surface area contributed by atoms with Crippen LogP contribution in [0.15, 0.2) is 71.8 Å². The SMILES string of the molecule is Cc1cc(C)c(S(=O)(=O)NC(CCNC(=O)COC2CC(CNc3ccccn3)N(C(=O)OCc3ccccc3)C2)C(=O)O)c(C)c1. The Morgan fingerprint density at radius 2 is 1.74 bits per heavy atom. The molecule has 1 fully saturated rings. The lowest BCUT2D eigenvalue weighted by atomic mass is 10.1. The number of hydrogen-bond acceptors (Lipinski definition) is 9. The molecular formula is C33H41N5O8S. The Kier molecular flexibility index (Phi) is 12.3. The summed E-state index contributed by atoms with van der Waals surface area (Å²) < 4.78 is 39.8. The van der Waals surface area contributed by atoms with Crippen LogP contribution in [0.1, 0.15) is 35.1 Å². The molecular weight excluding hydrogens is 626 g/mol. The van der Waals surface area contributed by atoms with E-state index in [2.05, 4.69) is 20.3 Å². The fourth-order valence-corrected chi connectivity index (χ4v) is 7.25. The molecule has 3 unspecified atom stereocenters. The van der Waals surface area contributed by atoms with Crippen LogP contribution >= 0.6 is 0 Å². The number of aromatic nitrogens is 1. The fourth-order valence-electron chi connectivity index (χ4n) is 5.57. The Morgan fingerprint density at radius 1 is 1.04 bits per heavy atom. The Bertz CT molecular complexity index is 1620. The molecule has 2 heterocycles. The molecule has 252 valence electrons. The topological polar surface area (TPSA) is 176 Å². The van der Waals surface area contributed by atoms with Crippen molar-refractivity contribution in [1.29, 1.82) is 0 Å². The lowest BCUT2D eigenvalue weighted by Gasteiger charge is -2.24. The maximum absolute atomic E-state index is 13.1. The summed E-state index contributed by atoms with van der Waals surface area (Å²) in [7, 11) is -4.13. The molecule has 1 aliphatic rings. The average molecular weight is 668 g/mol. The number of rotatable bonds is 15. The van der Waals surface area contributed by atoms with Crippen molar-refractivity contribution in [3.63, 3.8) is 0 Å². The lowest BCUT2D eigenvalue weighted by molar-refractivity contribution is -0.139. The molecule has 13 nitrogen and oxygen atoms in total. The first-order chi connectivity index (χ1) is 22.4. The fraction of sp³-hybridized carbons (Fsp3) is 0.394. The summed E-state index contributed by atoms with van der Waals surface area (Å²) in [6.07, 6.45) is 0.951. The number of sulfonamides is 1. The number of ether oxygens (including phenoxy) is 2. The lowest BCUT2D eigenvalue weighted by Crippen LogP contribution is -2.43. The van der Waals surface area contributed by atoms with Gasteiger partial charge in [0.1, 0.15) is 25.1 Å². The van der Waals surface area contributed by atoms with Crippen molar-refractivity contribution in [2.75, 3.05) is 31.6 Å². The zero-order valence-electron chi connectivity index (χ0n) is 26.6. The molecule has 3 atom stereocenters. The Morgan fingerprint density at radius 3 is 2.40 bits per heavy atom. The molecule has 1 aromatic heterocycles.